The van der Waals surface area contributed by atoms with Gasteiger partial charge in [0.25, 0.3) is 10.0 Å². The second-order valence-corrected chi connectivity index (χ2v) is 14.0. The molecule has 258 valence electrons. The Labute approximate surface area is 299 Å². The summed E-state index contributed by atoms with van der Waals surface area (Å²) in [7, 11) is -4.23. The fourth-order valence-corrected chi connectivity index (χ4v) is 7.09. The van der Waals surface area contributed by atoms with Gasteiger partial charge in [-0.05, 0) is 78.2 Å². The van der Waals surface area contributed by atoms with Crippen molar-refractivity contribution in [3.8, 4) is 11.5 Å². The fraction of sp³-hybridized carbons (Fsp3) is 0.200. The van der Waals surface area contributed by atoms with E-state index in [1.54, 1.807) is 60.7 Å². The predicted octanol–water partition coefficient (Wildman–Crippen LogP) is 7.88. The van der Waals surface area contributed by atoms with E-state index in [0.29, 0.717) is 28.6 Å². The van der Waals surface area contributed by atoms with Gasteiger partial charge in [-0.2, -0.15) is 0 Å². The molecule has 0 radical (unpaired) electrons. The molecule has 8 nitrogen and oxygen atoms in total. The van der Waals surface area contributed by atoms with E-state index in [2.05, 4.69) is 5.32 Å². The summed E-state index contributed by atoms with van der Waals surface area (Å²) >= 11 is 6.34. The highest BCUT2D eigenvalue weighted by Crippen LogP contribution is 2.29. The van der Waals surface area contributed by atoms with Crippen LogP contribution in [0.25, 0.3) is 0 Å². The molecule has 10 heteroatoms. The maximum atomic E-state index is 14.7. The maximum absolute atomic E-state index is 14.7. The lowest BCUT2D eigenvalue weighted by Gasteiger charge is -2.34. The molecule has 0 spiro atoms. The minimum Gasteiger partial charge on any atom is -0.457 e. The number of ether oxygens (including phenoxy) is 1. The highest BCUT2D eigenvalue weighted by Gasteiger charge is 2.34. The summed E-state index contributed by atoms with van der Waals surface area (Å²) in [5, 5.41) is 3.48. The van der Waals surface area contributed by atoms with Crippen LogP contribution in [0.5, 0.6) is 11.5 Å². The second-order valence-electron chi connectivity index (χ2n) is 11.7. The largest absolute Gasteiger partial charge is 0.457 e. The van der Waals surface area contributed by atoms with Crippen molar-refractivity contribution in [2.24, 2.45) is 0 Å². The maximum Gasteiger partial charge on any atom is 0.264 e. The molecule has 5 rings (SSSR count). The molecule has 0 bridgehead atoms. The van der Waals surface area contributed by atoms with Crippen LogP contribution in [0.15, 0.2) is 144 Å². The summed E-state index contributed by atoms with van der Waals surface area (Å²) < 4.78 is 35.5. The number of sulfonamides is 1. The number of hydrogen-bond acceptors (Lipinski definition) is 5. The number of amides is 2. The Morgan fingerprint density at radius 1 is 0.760 bits per heavy atom. The molecule has 0 aliphatic rings. The van der Waals surface area contributed by atoms with E-state index in [4.69, 9.17) is 16.3 Å². The van der Waals surface area contributed by atoms with E-state index < -0.39 is 28.5 Å². The molecule has 5 aromatic carbocycles. The van der Waals surface area contributed by atoms with E-state index in [1.165, 1.54) is 17.0 Å². The Kier molecular flexibility index (Phi) is 12.7. The summed E-state index contributed by atoms with van der Waals surface area (Å²) in [6.45, 7) is 1.95. The van der Waals surface area contributed by atoms with Crippen LogP contribution in [0, 0.1) is 0 Å². The van der Waals surface area contributed by atoms with Gasteiger partial charge in [0, 0.05) is 24.5 Å². The van der Waals surface area contributed by atoms with Crippen LogP contribution in [0.4, 0.5) is 5.69 Å². The van der Waals surface area contributed by atoms with Crippen molar-refractivity contribution in [1.29, 1.82) is 0 Å². The van der Waals surface area contributed by atoms with Crippen LogP contribution in [0.3, 0.4) is 0 Å². The number of unbranched alkanes of at least 4 members (excludes halogenated alkanes) is 1. The first kappa shape index (κ1) is 36.2. The predicted molar refractivity (Wildman–Crippen MR) is 198 cm³/mol. The van der Waals surface area contributed by atoms with Gasteiger partial charge in [-0.25, -0.2) is 8.42 Å². The third-order valence-corrected chi connectivity index (χ3v) is 10.1. The van der Waals surface area contributed by atoms with Gasteiger partial charge in [-0.15, -0.1) is 0 Å². The quantitative estimate of drug-likeness (QED) is 0.105. The number of anilines is 1. The summed E-state index contributed by atoms with van der Waals surface area (Å²) in [6, 6.07) is 39.3. The van der Waals surface area contributed by atoms with Gasteiger partial charge in [0.1, 0.15) is 24.1 Å². The van der Waals surface area contributed by atoms with E-state index in [0.717, 1.165) is 22.7 Å². The van der Waals surface area contributed by atoms with Crippen molar-refractivity contribution in [2.75, 3.05) is 17.4 Å². The van der Waals surface area contributed by atoms with Gasteiger partial charge in [0.15, 0.2) is 0 Å². The topological polar surface area (TPSA) is 96.0 Å². The van der Waals surface area contributed by atoms with Crippen LogP contribution in [-0.2, 0) is 32.6 Å². The smallest absolute Gasteiger partial charge is 0.264 e. The Balaban J connectivity index is 1.54. The van der Waals surface area contributed by atoms with E-state index in [9.17, 15) is 18.0 Å². The molecule has 5 aromatic rings. The molecule has 0 aliphatic heterocycles. The zero-order valence-corrected chi connectivity index (χ0v) is 29.4. The van der Waals surface area contributed by atoms with Crippen LogP contribution in [0.2, 0.25) is 5.02 Å². The van der Waals surface area contributed by atoms with Gasteiger partial charge >= 0.3 is 0 Å². The third-order valence-electron chi connectivity index (χ3n) is 8.06. The fourth-order valence-electron chi connectivity index (χ4n) is 5.45. The summed E-state index contributed by atoms with van der Waals surface area (Å²) in [6.07, 6.45) is 1.89. The Morgan fingerprint density at radius 2 is 1.36 bits per heavy atom. The molecule has 0 aromatic heterocycles. The molecule has 2 amide bonds. The number of carbonyl (C=O) groups is 2. The lowest BCUT2D eigenvalue weighted by atomic mass is 10.0. The van der Waals surface area contributed by atoms with E-state index in [1.807, 2.05) is 73.7 Å². The Bertz CT molecular complexity index is 1940. The average molecular weight is 710 g/mol. The van der Waals surface area contributed by atoms with Crippen molar-refractivity contribution < 1.29 is 22.7 Å². The number of benzene rings is 5. The van der Waals surface area contributed by atoms with Crippen molar-refractivity contribution in [3.63, 3.8) is 0 Å². The molecule has 0 fully saturated rings. The zero-order valence-electron chi connectivity index (χ0n) is 27.8. The molecule has 0 heterocycles. The van der Waals surface area contributed by atoms with Gasteiger partial charge < -0.3 is 15.0 Å². The van der Waals surface area contributed by atoms with Gasteiger partial charge in [-0.3, -0.25) is 13.9 Å². The van der Waals surface area contributed by atoms with Gasteiger partial charge in [0.2, 0.25) is 11.8 Å². The number of hydrogen-bond donors (Lipinski definition) is 1. The lowest BCUT2D eigenvalue weighted by Crippen LogP contribution is -2.53. The second kappa shape index (κ2) is 17.5. The lowest BCUT2D eigenvalue weighted by molar-refractivity contribution is -0.140. The van der Waals surface area contributed by atoms with E-state index >= 15 is 0 Å². The number of rotatable bonds is 16. The van der Waals surface area contributed by atoms with Crippen molar-refractivity contribution in [2.45, 2.75) is 43.7 Å². The average Bonchev–Trinajstić information content (AvgIpc) is 3.13. The minimum absolute atomic E-state index is 0.0250. The van der Waals surface area contributed by atoms with Gasteiger partial charge in [0.05, 0.1) is 10.6 Å². The summed E-state index contributed by atoms with van der Waals surface area (Å²) in [5.41, 5.74) is 1.82. The molecular weight excluding hydrogens is 670 g/mol. The van der Waals surface area contributed by atoms with Gasteiger partial charge in [-0.1, -0.05) is 104 Å². The SMILES string of the molecule is CCCCNC(=O)C(Cc1ccccc1)N(Cc1cccc(Cl)c1)C(=O)CN(c1ccc(Oc2ccccc2)cc1)S(=O)(=O)c1ccccc1. The highest BCUT2D eigenvalue weighted by molar-refractivity contribution is 7.92. The number of nitrogens with one attached hydrogen (secondary N) is 1. The standard InChI is InChI=1S/C40H40ClN3O5S/c1-2-3-26-42-40(46)38(28-31-14-7-4-8-15-31)43(29-32-16-13-17-33(41)27-32)39(45)30-44(50(47,48)37-20-11-6-12-21-37)34-22-24-36(25-23-34)49-35-18-9-5-10-19-35/h4-25,27,38H,2-3,26,28-30H2,1H3,(H,42,46). The van der Waals surface area contributed by atoms with Crippen LogP contribution in [0.1, 0.15) is 30.9 Å². The highest BCUT2D eigenvalue weighted by atomic mass is 35.5. The first-order valence-electron chi connectivity index (χ1n) is 16.5. The number of para-hydroxylation sites is 1. The number of carbonyl (C=O) groups excluding carboxylic acids is 2. The molecular formula is C40H40ClN3O5S. The molecule has 1 N–H and O–H groups in total. The van der Waals surface area contributed by atoms with Crippen molar-refractivity contribution >= 4 is 39.1 Å². The first-order valence-corrected chi connectivity index (χ1v) is 18.3. The molecule has 0 saturated carbocycles. The monoisotopic (exact) mass is 709 g/mol. The molecule has 1 atom stereocenters. The van der Waals surface area contributed by atoms with Crippen LogP contribution in [-0.4, -0.2) is 44.3 Å². The number of nitrogens with zero attached hydrogens (tertiary/aromatic N) is 2. The molecule has 0 aliphatic carbocycles. The summed E-state index contributed by atoms with van der Waals surface area (Å²) in [5.74, 6) is 0.248. The van der Waals surface area contributed by atoms with E-state index in [-0.39, 0.29) is 29.5 Å². The third kappa shape index (κ3) is 9.74. The molecule has 1 unspecified atom stereocenters. The zero-order chi connectivity index (χ0) is 35.3. The van der Waals surface area contributed by atoms with Crippen molar-refractivity contribution in [3.05, 3.63) is 156 Å². The normalized spacial score (nSPS) is 11.7. The number of halogens is 1. The Hall–Kier alpha value is -5.12. The van der Waals surface area contributed by atoms with Crippen LogP contribution < -0.4 is 14.4 Å². The Morgan fingerprint density at radius 3 is 2.00 bits per heavy atom. The molecule has 0 saturated heterocycles. The van der Waals surface area contributed by atoms with Crippen LogP contribution >= 0.6 is 11.6 Å². The summed E-state index contributed by atoms with van der Waals surface area (Å²) in [4.78, 5) is 30.0. The van der Waals surface area contributed by atoms with Crippen molar-refractivity contribution in [1.82, 2.24) is 10.2 Å². The minimum atomic E-state index is -4.23. The first-order chi connectivity index (χ1) is 24.2. The molecule has 50 heavy (non-hydrogen) atoms.